The van der Waals surface area contributed by atoms with Crippen LogP contribution in [-0.2, 0) is 9.53 Å². The van der Waals surface area contributed by atoms with Crippen molar-refractivity contribution in [1.82, 2.24) is 0 Å². The summed E-state index contributed by atoms with van der Waals surface area (Å²) in [6, 6.07) is 0. The summed E-state index contributed by atoms with van der Waals surface area (Å²) in [4.78, 5) is 9.49. The van der Waals surface area contributed by atoms with Crippen molar-refractivity contribution in [3.8, 4) is 23.9 Å². The molecule has 0 radical (unpaired) electrons. The van der Waals surface area contributed by atoms with Crippen LogP contribution >= 0.6 is 0 Å². The first-order valence-corrected chi connectivity index (χ1v) is 1.89. The van der Waals surface area contributed by atoms with Gasteiger partial charge in [-0.1, -0.05) is 0 Å². The number of hydrogen-bond donors (Lipinski definition) is 0. The quantitative estimate of drug-likeness (QED) is 0.317. The van der Waals surface area contributed by atoms with Crippen LogP contribution in [0.5, 0.6) is 0 Å². The van der Waals surface area contributed by atoms with E-state index in [0.717, 1.165) is 0 Å². The number of aldehydes is 1. The molecule has 0 aromatic rings. The van der Waals surface area contributed by atoms with Gasteiger partial charge < -0.3 is 4.74 Å². The molecule has 0 aliphatic carbocycles. The first kappa shape index (κ1) is 6.59. The van der Waals surface area contributed by atoms with Crippen molar-refractivity contribution in [3.05, 3.63) is 0 Å². The Kier molecular flexibility index (Phi) is 4.60. The highest BCUT2D eigenvalue weighted by Crippen LogP contribution is 1.52. The fraction of sp³-hybridized carbons (Fsp3) is 0.167. The fourth-order valence-corrected chi connectivity index (χ4v) is 0.142. The molecule has 0 bridgehead atoms. The zero-order valence-corrected chi connectivity index (χ0v) is 4.39. The van der Waals surface area contributed by atoms with E-state index in [1.54, 1.807) is 0 Å². The number of ether oxygens (including phenoxy) is 1. The van der Waals surface area contributed by atoms with Gasteiger partial charge in [-0.05, 0) is 11.8 Å². The van der Waals surface area contributed by atoms with Crippen molar-refractivity contribution >= 4 is 6.29 Å². The molecule has 0 fully saturated rings. The maximum Gasteiger partial charge on any atom is 0.193 e. The molecule has 0 heterocycles. The van der Waals surface area contributed by atoms with Crippen molar-refractivity contribution in [3.63, 3.8) is 0 Å². The van der Waals surface area contributed by atoms with Crippen molar-refractivity contribution < 1.29 is 9.53 Å². The maximum atomic E-state index is 9.49. The Bertz CT molecular complexity index is 172. The van der Waals surface area contributed by atoms with Crippen LogP contribution in [0.25, 0.3) is 0 Å². The molecule has 2 nitrogen and oxygen atoms in total. The Morgan fingerprint density at radius 3 is 2.75 bits per heavy atom. The molecule has 0 aromatic carbocycles. The second-order valence-electron chi connectivity index (χ2n) is 0.818. The predicted octanol–water partition coefficient (Wildman–Crippen LogP) is -0.204. The minimum Gasteiger partial charge on any atom is -0.449 e. The highest BCUT2D eigenvalue weighted by atomic mass is 16.5. The minimum absolute atomic E-state index is 0.477. The highest BCUT2D eigenvalue weighted by Gasteiger charge is 1.54. The molecule has 0 aliphatic rings. The van der Waals surface area contributed by atoms with E-state index in [4.69, 9.17) is 0 Å². The number of rotatable bonds is 0. The van der Waals surface area contributed by atoms with Gasteiger partial charge in [0.1, 0.15) is 6.11 Å². The Morgan fingerprint density at radius 2 is 2.25 bits per heavy atom. The van der Waals surface area contributed by atoms with Gasteiger partial charge in [-0.15, -0.1) is 0 Å². The summed E-state index contributed by atoms with van der Waals surface area (Å²) in [6.45, 7) is 0. The van der Waals surface area contributed by atoms with Gasteiger partial charge in [0.15, 0.2) is 6.29 Å². The van der Waals surface area contributed by atoms with Crippen LogP contribution in [0.2, 0.25) is 0 Å². The van der Waals surface area contributed by atoms with E-state index in [1.165, 1.54) is 7.11 Å². The summed E-state index contributed by atoms with van der Waals surface area (Å²) in [6.07, 6.45) is 2.68. The van der Waals surface area contributed by atoms with Crippen molar-refractivity contribution in [1.29, 1.82) is 0 Å². The molecular formula is C6H4O2. The lowest BCUT2D eigenvalue weighted by molar-refractivity contribution is -0.103. The molecule has 0 saturated heterocycles. The van der Waals surface area contributed by atoms with E-state index >= 15 is 0 Å². The van der Waals surface area contributed by atoms with Crippen LogP contribution < -0.4 is 0 Å². The predicted molar refractivity (Wildman–Crippen MR) is 28.6 cm³/mol. The standard InChI is InChI=1S/C6H4O2/c1-8-6-4-2-3-5-7/h5H,1H3. The third kappa shape index (κ3) is 4.59. The lowest BCUT2D eigenvalue weighted by Crippen LogP contribution is -1.63. The fourth-order valence-electron chi connectivity index (χ4n) is 0.142. The summed E-state index contributed by atoms with van der Waals surface area (Å²) in [5.41, 5.74) is 0. The smallest absolute Gasteiger partial charge is 0.193 e. The lowest BCUT2D eigenvalue weighted by Gasteiger charge is -1.69. The van der Waals surface area contributed by atoms with Gasteiger partial charge in [-0.2, -0.15) is 0 Å². The van der Waals surface area contributed by atoms with Crippen molar-refractivity contribution in [2.75, 3.05) is 7.11 Å². The topological polar surface area (TPSA) is 26.3 Å². The summed E-state index contributed by atoms with van der Waals surface area (Å²) in [5, 5.41) is 0. The van der Waals surface area contributed by atoms with Gasteiger partial charge in [0.05, 0.1) is 7.11 Å². The van der Waals surface area contributed by atoms with Crippen LogP contribution in [0.3, 0.4) is 0 Å². The molecule has 0 atom stereocenters. The van der Waals surface area contributed by atoms with E-state index in [2.05, 4.69) is 28.6 Å². The average Bonchev–Trinajstić information content (AvgIpc) is 1.81. The molecule has 0 saturated carbocycles. The largest absolute Gasteiger partial charge is 0.449 e. The highest BCUT2D eigenvalue weighted by molar-refractivity contribution is 5.73. The van der Waals surface area contributed by atoms with Gasteiger partial charge >= 0.3 is 0 Å². The molecule has 0 amide bonds. The van der Waals surface area contributed by atoms with E-state index in [9.17, 15) is 4.79 Å². The zero-order valence-electron chi connectivity index (χ0n) is 4.39. The molecule has 0 rings (SSSR count). The Balaban J connectivity index is 3.56. The zero-order chi connectivity index (χ0) is 6.24. The van der Waals surface area contributed by atoms with E-state index < -0.39 is 0 Å². The van der Waals surface area contributed by atoms with Crippen LogP contribution in [-0.4, -0.2) is 13.4 Å². The van der Waals surface area contributed by atoms with Gasteiger partial charge in [-0.3, -0.25) is 4.79 Å². The molecule has 0 aliphatic heterocycles. The number of carbonyl (C=O) groups excluding carboxylic acids is 1. The molecule has 0 unspecified atom stereocenters. The summed E-state index contributed by atoms with van der Waals surface area (Å²) in [7, 11) is 1.43. The van der Waals surface area contributed by atoms with E-state index in [0.29, 0.717) is 6.29 Å². The normalized spacial score (nSPS) is 4.62. The minimum atomic E-state index is 0.477. The second kappa shape index (κ2) is 5.59. The molecule has 2 heteroatoms. The van der Waals surface area contributed by atoms with E-state index in [-0.39, 0.29) is 0 Å². The third-order valence-electron chi connectivity index (χ3n) is 0.347. The van der Waals surface area contributed by atoms with Gasteiger partial charge in [0.2, 0.25) is 0 Å². The van der Waals surface area contributed by atoms with E-state index in [1.807, 2.05) is 0 Å². The lowest BCUT2D eigenvalue weighted by atomic mass is 10.6. The molecule has 40 valence electrons. The molecule has 0 aromatic heterocycles. The van der Waals surface area contributed by atoms with Gasteiger partial charge in [0.25, 0.3) is 0 Å². The first-order chi connectivity index (χ1) is 3.91. The molecule has 8 heavy (non-hydrogen) atoms. The van der Waals surface area contributed by atoms with Crippen LogP contribution in [0.1, 0.15) is 0 Å². The number of carbonyl (C=O) groups is 1. The van der Waals surface area contributed by atoms with Gasteiger partial charge in [-0.25, -0.2) is 0 Å². The molecule has 0 spiro atoms. The van der Waals surface area contributed by atoms with Crippen LogP contribution in [0.15, 0.2) is 0 Å². The second-order valence-corrected chi connectivity index (χ2v) is 0.818. The number of methoxy groups -OCH3 is 1. The van der Waals surface area contributed by atoms with Gasteiger partial charge in [0, 0.05) is 5.92 Å². The maximum absolute atomic E-state index is 9.49. The first-order valence-electron chi connectivity index (χ1n) is 1.89. The third-order valence-corrected chi connectivity index (χ3v) is 0.347. The molecule has 0 N–H and O–H groups in total. The van der Waals surface area contributed by atoms with Crippen LogP contribution in [0.4, 0.5) is 0 Å². The van der Waals surface area contributed by atoms with Crippen molar-refractivity contribution in [2.45, 2.75) is 0 Å². The Morgan fingerprint density at radius 1 is 1.50 bits per heavy atom. The Labute approximate surface area is 47.8 Å². The summed E-state index contributed by atoms with van der Waals surface area (Å²) in [5.74, 6) is 6.60. The summed E-state index contributed by atoms with van der Waals surface area (Å²) >= 11 is 0. The summed E-state index contributed by atoms with van der Waals surface area (Å²) < 4.78 is 4.31. The monoisotopic (exact) mass is 108 g/mol. The van der Waals surface area contributed by atoms with Crippen LogP contribution in [0, 0.1) is 23.9 Å². The SMILES string of the molecule is COC#CC#CC=O. The van der Waals surface area contributed by atoms with Crippen molar-refractivity contribution in [2.24, 2.45) is 0 Å². The average molecular weight is 108 g/mol. The molecular weight excluding hydrogens is 104 g/mol. The Hall–Kier alpha value is -1.41. The number of hydrogen-bond acceptors (Lipinski definition) is 2.